The lowest BCUT2D eigenvalue weighted by Gasteiger charge is -2.07. The molecule has 0 saturated heterocycles. The summed E-state index contributed by atoms with van der Waals surface area (Å²) >= 11 is 3.22. The smallest absolute Gasteiger partial charge is 0.241 e. The fourth-order valence-electron chi connectivity index (χ4n) is 1.21. The zero-order valence-corrected chi connectivity index (χ0v) is 11.4. The third kappa shape index (κ3) is 3.86. The molecular formula is C10H15BrN2O2S. The van der Waals surface area contributed by atoms with Gasteiger partial charge in [-0.05, 0) is 48.1 Å². The van der Waals surface area contributed by atoms with E-state index in [1.54, 1.807) is 24.3 Å². The van der Waals surface area contributed by atoms with Gasteiger partial charge in [0, 0.05) is 11.0 Å². The third-order valence-electron chi connectivity index (χ3n) is 2.02. The Kier molecular flexibility index (Phi) is 5.40. The first kappa shape index (κ1) is 13.6. The molecule has 0 bridgehead atoms. The molecule has 0 fully saturated rings. The van der Waals surface area contributed by atoms with Gasteiger partial charge in [-0.25, -0.2) is 13.1 Å². The van der Waals surface area contributed by atoms with E-state index in [4.69, 9.17) is 0 Å². The highest BCUT2D eigenvalue weighted by Crippen LogP contribution is 2.20. The highest BCUT2D eigenvalue weighted by atomic mass is 79.9. The molecule has 1 aromatic rings. The molecule has 0 aliphatic carbocycles. The summed E-state index contributed by atoms with van der Waals surface area (Å²) in [5, 5.41) is 2.96. The molecule has 0 saturated carbocycles. The van der Waals surface area contributed by atoms with Gasteiger partial charge in [-0.1, -0.05) is 12.1 Å². The number of hydrogen-bond acceptors (Lipinski definition) is 3. The summed E-state index contributed by atoms with van der Waals surface area (Å²) in [6.45, 7) is 1.23. The molecule has 0 heterocycles. The number of halogens is 1. The minimum absolute atomic E-state index is 0.277. The molecule has 0 radical (unpaired) electrons. The van der Waals surface area contributed by atoms with Gasteiger partial charge in [0.1, 0.15) is 0 Å². The molecule has 4 nitrogen and oxygen atoms in total. The molecule has 0 aliphatic heterocycles. The summed E-state index contributed by atoms with van der Waals surface area (Å²) in [7, 11) is -1.56. The molecule has 0 amide bonds. The van der Waals surface area contributed by atoms with Crippen molar-refractivity contribution in [3.05, 3.63) is 28.7 Å². The van der Waals surface area contributed by atoms with E-state index in [-0.39, 0.29) is 4.90 Å². The van der Waals surface area contributed by atoms with E-state index in [1.807, 2.05) is 7.05 Å². The molecule has 90 valence electrons. The molecule has 0 aromatic heterocycles. The van der Waals surface area contributed by atoms with Crippen LogP contribution in [0.3, 0.4) is 0 Å². The van der Waals surface area contributed by atoms with Crippen molar-refractivity contribution in [2.24, 2.45) is 0 Å². The molecule has 0 aliphatic rings. The highest BCUT2D eigenvalue weighted by molar-refractivity contribution is 9.10. The topological polar surface area (TPSA) is 58.2 Å². The second kappa shape index (κ2) is 6.34. The number of benzene rings is 1. The first-order chi connectivity index (χ1) is 7.58. The molecule has 1 aromatic carbocycles. The van der Waals surface area contributed by atoms with Crippen LogP contribution in [-0.2, 0) is 10.0 Å². The summed E-state index contributed by atoms with van der Waals surface area (Å²) < 4.78 is 26.8. The first-order valence-corrected chi connectivity index (χ1v) is 7.24. The summed E-state index contributed by atoms with van der Waals surface area (Å²) in [5.74, 6) is 0. The van der Waals surface area contributed by atoms with Gasteiger partial charge in [-0.3, -0.25) is 0 Å². The maximum Gasteiger partial charge on any atom is 0.241 e. The molecule has 2 N–H and O–H groups in total. The van der Waals surface area contributed by atoms with Crippen molar-refractivity contribution in [3.63, 3.8) is 0 Å². The van der Waals surface area contributed by atoms with Gasteiger partial charge in [0.15, 0.2) is 0 Å². The standard InChI is InChI=1S/C10H15BrN2O2S/c1-12-7-4-8-13-16(14,15)10-6-3-2-5-9(10)11/h2-3,5-6,12-13H,4,7-8H2,1H3. The lowest BCUT2D eigenvalue weighted by Crippen LogP contribution is -2.27. The Labute approximate surface area is 105 Å². The van der Waals surface area contributed by atoms with Crippen LogP contribution < -0.4 is 10.0 Å². The van der Waals surface area contributed by atoms with E-state index in [0.29, 0.717) is 11.0 Å². The zero-order chi connectivity index (χ0) is 12.0. The van der Waals surface area contributed by atoms with Crippen LogP contribution in [0.4, 0.5) is 0 Å². The average molecular weight is 307 g/mol. The normalized spacial score (nSPS) is 11.6. The average Bonchev–Trinajstić information content (AvgIpc) is 2.25. The van der Waals surface area contributed by atoms with Crippen molar-refractivity contribution in [2.45, 2.75) is 11.3 Å². The summed E-state index contributed by atoms with van der Waals surface area (Å²) in [6, 6.07) is 6.77. The predicted molar refractivity (Wildman–Crippen MR) is 67.9 cm³/mol. The van der Waals surface area contributed by atoms with Gasteiger partial charge in [-0.2, -0.15) is 0 Å². The second-order valence-corrected chi connectivity index (χ2v) is 5.88. The van der Waals surface area contributed by atoms with Gasteiger partial charge < -0.3 is 5.32 Å². The molecular weight excluding hydrogens is 292 g/mol. The minimum Gasteiger partial charge on any atom is -0.320 e. The van der Waals surface area contributed by atoms with Crippen molar-refractivity contribution in [2.75, 3.05) is 20.1 Å². The van der Waals surface area contributed by atoms with Crippen molar-refractivity contribution < 1.29 is 8.42 Å². The van der Waals surface area contributed by atoms with E-state index < -0.39 is 10.0 Å². The van der Waals surface area contributed by atoms with E-state index >= 15 is 0 Å². The largest absolute Gasteiger partial charge is 0.320 e. The van der Waals surface area contributed by atoms with Gasteiger partial charge in [0.25, 0.3) is 0 Å². The van der Waals surface area contributed by atoms with E-state index in [1.165, 1.54) is 0 Å². The zero-order valence-electron chi connectivity index (χ0n) is 9.03. The van der Waals surface area contributed by atoms with Crippen LogP contribution in [0, 0.1) is 0 Å². The van der Waals surface area contributed by atoms with Crippen LogP contribution in [0.1, 0.15) is 6.42 Å². The molecule has 16 heavy (non-hydrogen) atoms. The Morgan fingerprint density at radius 2 is 1.94 bits per heavy atom. The van der Waals surface area contributed by atoms with Crippen LogP contribution in [0.25, 0.3) is 0 Å². The monoisotopic (exact) mass is 306 g/mol. The lowest BCUT2D eigenvalue weighted by molar-refractivity contribution is 0.576. The number of hydrogen-bond donors (Lipinski definition) is 2. The summed E-state index contributed by atoms with van der Waals surface area (Å²) in [4.78, 5) is 0.277. The quantitative estimate of drug-likeness (QED) is 0.780. The maximum absolute atomic E-state index is 11.9. The number of nitrogens with one attached hydrogen (secondary N) is 2. The van der Waals surface area contributed by atoms with Crippen molar-refractivity contribution in [3.8, 4) is 0 Å². The SMILES string of the molecule is CNCCCNS(=O)(=O)c1ccccc1Br. The van der Waals surface area contributed by atoms with Crippen molar-refractivity contribution in [1.29, 1.82) is 0 Å². The number of sulfonamides is 1. The van der Waals surface area contributed by atoms with Crippen molar-refractivity contribution in [1.82, 2.24) is 10.0 Å². The molecule has 6 heteroatoms. The van der Waals surface area contributed by atoms with E-state index in [9.17, 15) is 8.42 Å². The summed E-state index contributed by atoms with van der Waals surface area (Å²) in [5.41, 5.74) is 0. The summed E-state index contributed by atoms with van der Waals surface area (Å²) in [6.07, 6.45) is 0.764. The Morgan fingerprint density at radius 1 is 1.25 bits per heavy atom. The molecule has 1 rings (SSSR count). The maximum atomic E-state index is 11.9. The molecule has 0 atom stereocenters. The van der Waals surface area contributed by atoms with Crippen LogP contribution in [0.2, 0.25) is 0 Å². The van der Waals surface area contributed by atoms with Crippen LogP contribution in [0.5, 0.6) is 0 Å². The first-order valence-electron chi connectivity index (χ1n) is 4.97. The predicted octanol–water partition coefficient (Wildman–Crippen LogP) is 1.34. The van der Waals surface area contributed by atoms with Crippen LogP contribution in [-0.4, -0.2) is 28.6 Å². The van der Waals surface area contributed by atoms with Gasteiger partial charge in [0.05, 0.1) is 4.90 Å². The van der Waals surface area contributed by atoms with Crippen LogP contribution in [0.15, 0.2) is 33.6 Å². The fraction of sp³-hybridized carbons (Fsp3) is 0.400. The van der Waals surface area contributed by atoms with Crippen LogP contribution >= 0.6 is 15.9 Å². The Morgan fingerprint density at radius 3 is 2.56 bits per heavy atom. The van der Waals surface area contributed by atoms with Crippen molar-refractivity contribution >= 4 is 26.0 Å². The van der Waals surface area contributed by atoms with E-state index in [0.717, 1.165) is 13.0 Å². The Bertz CT molecular complexity index is 434. The van der Waals surface area contributed by atoms with Gasteiger partial charge >= 0.3 is 0 Å². The Hall–Kier alpha value is -0.430. The number of rotatable bonds is 6. The second-order valence-electron chi connectivity index (χ2n) is 3.29. The molecule has 0 spiro atoms. The lowest BCUT2D eigenvalue weighted by atomic mass is 10.4. The molecule has 0 unspecified atom stereocenters. The van der Waals surface area contributed by atoms with Gasteiger partial charge in [-0.15, -0.1) is 0 Å². The third-order valence-corrected chi connectivity index (χ3v) is 4.49. The highest BCUT2D eigenvalue weighted by Gasteiger charge is 2.15. The fourth-order valence-corrected chi connectivity index (χ4v) is 3.29. The van der Waals surface area contributed by atoms with Gasteiger partial charge in [0.2, 0.25) is 10.0 Å². The van der Waals surface area contributed by atoms with E-state index in [2.05, 4.69) is 26.0 Å². The Balaban J connectivity index is 2.68. The minimum atomic E-state index is -3.40.